The van der Waals surface area contributed by atoms with Gasteiger partial charge in [0.2, 0.25) is 5.13 Å². The van der Waals surface area contributed by atoms with Gasteiger partial charge in [0.05, 0.1) is 11.7 Å². The van der Waals surface area contributed by atoms with Crippen molar-refractivity contribution in [2.75, 3.05) is 24.7 Å². The van der Waals surface area contributed by atoms with E-state index in [9.17, 15) is 0 Å². The average molecular weight is 292 g/mol. The lowest BCUT2D eigenvalue weighted by molar-refractivity contribution is 0.973. The van der Waals surface area contributed by atoms with Crippen LogP contribution in [0.1, 0.15) is 0 Å². The zero-order chi connectivity index (χ0) is 13.4. The van der Waals surface area contributed by atoms with Crippen LogP contribution in [0.15, 0.2) is 27.6 Å². The summed E-state index contributed by atoms with van der Waals surface area (Å²) in [4.78, 5) is 2.89. The van der Waals surface area contributed by atoms with Crippen LogP contribution in [0.4, 0.5) is 10.8 Å². The van der Waals surface area contributed by atoms with Gasteiger partial charge < -0.3 is 10.6 Å². The molecule has 98 valence electrons. The van der Waals surface area contributed by atoms with E-state index in [0.29, 0.717) is 0 Å². The third-order valence-electron chi connectivity index (χ3n) is 2.55. The van der Waals surface area contributed by atoms with E-state index in [1.165, 1.54) is 23.1 Å². The van der Waals surface area contributed by atoms with Gasteiger partial charge in [0.15, 0.2) is 4.34 Å². The van der Waals surface area contributed by atoms with E-state index >= 15 is 0 Å². The van der Waals surface area contributed by atoms with Gasteiger partial charge in [-0.15, -0.1) is 10.2 Å². The Bertz CT molecular complexity index is 717. The molecule has 2 aromatic heterocycles. The SMILES string of the molecule is CN(C)c1nnc(Sc2cc3[nH]ncc3cc2N)s1. The number of nitrogens with zero attached hydrogens (tertiary/aromatic N) is 4. The monoisotopic (exact) mass is 292 g/mol. The first kappa shape index (κ1) is 12.2. The predicted octanol–water partition coefficient (Wildman–Crippen LogP) is 2.21. The first-order valence-electron chi connectivity index (χ1n) is 5.55. The Hall–Kier alpha value is -1.80. The van der Waals surface area contributed by atoms with Gasteiger partial charge in [0.1, 0.15) is 0 Å². The molecule has 0 spiro atoms. The number of hydrogen-bond acceptors (Lipinski definition) is 7. The standard InChI is InChI=1S/C11H12N6S2/c1-17(2)10-15-16-11(19-10)18-9-4-8-6(3-7(9)12)5-13-14-8/h3-5H,12H2,1-2H3,(H,13,14). The van der Waals surface area contributed by atoms with Crippen molar-refractivity contribution in [1.29, 1.82) is 0 Å². The number of fused-ring (bicyclic) bond motifs is 1. The molecule has 19 heavy (non-hydrogen) atoms. The van der Waals surface area contributed by atoms with Crippen LogP contribution in [0.5, 0.6) is 0 Å². The Kier molecular flexibility index (Phi) is 3.03. The molecule has 3 N–H and O–H groups in total. The second-order valence-corrected chi connectivity index (χ2v) is 6.44. The van der Waals surface area contributed by atoms with Gasteiger partial charge in [-0.1, -0.05) is 23.1 Å². The summed E-state index contributed by atoms with van der Waals surface area (Å²) in [6, 6.07) is 3.90. The lowest BCUT2D eigenvalue weighted by Crippen LogP contribution is -2.07. The predicted molar refractivity (Wildman–Crippen MR) is 78.9 cm³/mol. The van der Waals surface area contributed by atoms with Gasteiger partial charge in [0, 0.05) is 30.1 Å². The molecule has 0 unspecified atom stereocenters. The summed E-state index contributed by atoms with van der Waals surface area (Å²) in [7, 11) is 3.89. The van der Waals surface area contributed by atoms with Crippen molar-refractivity contribution in [1.82, 2.24) is 20.4 Å². The molecule has 3 aromatic rings. The number of aromatic amines is 1. The fourth-order valence-corrected chi connectivity index (χ4v) is 3.38. The zero-order valence-electron chi connectivity index (χ0n) is 10.4. The van der Waals surface area contributed by atoms with Crippen LogP contribution in [-0.2, 0) is 0 Å². The fraction of sp³-hybridized carbons (Fsp3) is 0.182. The molecule has 1 aromatic carbocycles. The van der Waals surface area contributed by atoms with Crippen molar-refractivity contribution in [3.05, 3.63) is 18.3 Å². The molecule has 0 aliphatic heterocycles. The molecule has 8 heteroatoms. The van der Waals surface area contributed by atoms with Gasteiger partial charge in [-0.05, 0) is 12.1 Å². The van der Waals surface area contributed by atoms with Crippen molar-refractivity contribution < 1.29 is 0 Å². The van der Waals surface area contributed by atoms with E-state index < -0.39 is 0 Å². The summed E-state index contributed by atoms with van der Waals surface area (Å²) >= 11 is 3.05. The molecule has 0 atom stereocenters. The molecule has 0 aliphatic carbocycles. The van der Waals surface area contributed by atoms with Crippen LogP contribution in [0.3, 0.4) is 0 Å². The number of nitrogens with one attached hydrogen (secondary N) is 1. The Morgan fingerprint density at radius 1 is 1.32 bits per heavy atom. The summed E-state index contributed by atoms with van der Waals surface area (Å²) in [5, 5.41) is 17.1. The van der Waals surface area contributed by atoms with Crippen molar-refractivity contribution in [3.63, 3.8) is 0 Å². The van der Waals surface area contributed by atoms with E-state index in [4.69, 9.17) is 5.73 Å². The largest absolute Gasteiger partial charge is 0.398 e. The van der Waals surface area contributed by atoms with Crippen molar-refractivity contribution in [2.45, 2.75) is 9.24 Å². The Balaban J connectivity index is 1.93. The Labute approximate surface area is 118 Å². The molecule has 0 bridgehead atoms. The maximum absolute atomic E-state index is 6.04. The minimum Gasteiger partial charge on any atom is -0.398 e. The highest BCUT2D eigenvalue weighted by atomic mass is 32.2. The lowest BCUT2D eigenvalue weighted by Gasteiger charge is -2.04. The quantitative estimate of drug-likeness (QED) is 0.720. The maximum atomic E-state index is 6.04. The summed E-state index contributed by atoms with van der Waals surface area (Å²) in [6.45, 7) is 0. The van der Waals surface area contributed by atoms with Gasteiger partial charge in [-0.2, -0.15) is 5.10 Å². The topological polar surface area (TPSA) is 83.7 Å². The normalized spacial score (nSPS) is 11.1. The molecule has 0 aliphatic rings. The average Bonchev–Trinajstić information content (AvgIpc) is 2.98. The van der Waals surface area contributed by atoms with Gasteiger partial charge in [0.25, 0.3) is 0 Å². The third-order valence-corrected chi connectivity index (χ3v) is 4.76. The van der Waals surface area contributed by atoms with Crippen molar-refractivity contribution >= 4 is 44.8 Å². The second kappa shape index (κ2) is 4.71. The number of H-pyrrole nitrogens is 1. The van der Waals surface area contributed by atoms with Crippen LogP contribution in [0.25, 0.3) is 10.9 Å². The van der Waals surface area contributed by atoms with Crippen molar-refractivity contribution in [2.24, 2.45) is 0 Å². The van der Waals surface area contributed by atoms with Gasteiger partial charge >= 0.3 is 0 Å². The number of aromatic nitrogens is 4. The first-order valence-corrected chi connectivity index (χ1v) is 7.18. The minimum absolute atomic E-state index is 0.723. The van der Waals surface area contributed by atoms with Crippen LogP contribution >= 0.6 is 23.1 Å². The number of nitrogen functional groups attached to an aromatic ring is 1. The number of hydrogen-bond donors (Lipinski definition) is 2. The van der Waals surface area contributed by atoms with Gasteiger partial charge in [-0.25, -0.2) is 0 Å². The Morgan fingerprint density at radius 2 is 2.16 bits per heavy atom. The molecular formula is C11H12N6S2. The number of benzene rings is 1. The van der Waals surface area contributed by atoms with E-state index in [1.807, 2.05) is 31.1 Å². The van der Waals surface area contributed by atoms with Crippen LogP contribution in [0.2, 0.25) is 0 Å². The van der Waals surface area contributed by atoms with E-state index in [1.54, 1.807) is 6.20 Å². The summed E-state index contributed by atoms with van der Waals surface area (Å²) < 4.78 is 0.870. The minimum atomic E-state index is 0.723. The number of nitrogens with two attached hydrogens (primary N) is 1. The van der Waals surface area contributed by atoms with E-state index in [0.717, 1.165) is 31.0 Å². The van der Waals surface area contributed by atoms with Crippen LogP contribution in [0, 0.1) is 0 Å². The molecular weight excluding hydrogens is 280 g/mol. The van der Waals surface area contributed by atoms with Crippen molar-refractivity contribution in [3.8, 4) is 0 Å². The molecule has 0 saturated carbocycles. The fourth-order valence-electron chi connectivity index (χ4n) is 1.60. The lowest BCUT2D eigenvalue weighted by atomic mass is 10.2. The molecule has 3 rings (SSSR count). The summed E-state index contributed by atoms with van der Waals surface area (Å²) in [5.74, 6) is 0. The molecule has 2 heterocycles. The van der Waals surface area contributed by atoms with Crippen LogP contribution in [-0.4, -0.2) is 34.5 Å². The summed E-state index contributed by atoms with van der Waals surface area (Å²) in [5.41, 5.74) is 7.73. The van der Waals surface area contributed by atoms with Crippen LogP contribution < -0.4 is 10.6 Å². The number of anilines is 2. The highest BCUT2D eigenvalue weighted by molar-refractivity contribution is 8.01. The maximum Gasteiger partial charge on any atom is 0.208 e. The first-order chi connectivity index (χ1) is 9.13. The molecule has 0 saturated heterocycles. The highest BCUT2D eigenvalue weighted by Gasteiger charge is 2.10. The van der Waals surface area contributed by atoms with E-state index in [2.05, 4.69) is 20.4 Å². The van der Waals surface area contributed by atoms with E-state index in [-0.39, 0.29) is 0 Å². The smallest absolute Gasteiger partial charge is 0.208 e. The third kappa shape index (κ3) is 2.36. The summed E-state index contributed by atoms with van der Waals surface area (Å²) in [6.07, 6.45) is 1.76. The molecule has 0 amide bonds. The molecule has 6 nitrogen and oxygen atoms in total. The van der Waals surface area contributed by atoms with Gasteiger partial charge in [-0.3, -0.25) is 5.10 Å². The second-order valence-electron chi connectivity index (χ2n) is 4.19. The molecule has 0 radical (unpaired) electrons. The number of rotatable bonds is 3. The Morgan fingerprint density at radius 3 is 2.89 bits per heavy atom. The highest BCUT2D eigenvalue weighted by Crippen LogP contribution is 2.37. The molecule has 0 fully saturated rings. The zero-order valence-corrected chi connectivity index (χ0v) is 12.0.